The minimum atomic E-state index is -0.242. The monoisotopic (exact) mass is 368 g/mol. The molecule has 0 aliphatic carbocycles. The molecule has 2 rings (SSSR count). The first-order chi connectivity index (χ1) is 11.4. The SMILES string of the molecule is COc1cc(OC)c(NC(=O)CNc2cc(Cl)ccc2C)cc1Cl. The van der Waals surface area contributed by atoms with Gasteiger partial charge in [0.05, 0.1) is 31.5 Å². The molecule has 0 atom stereocenters. The molecule has 0 saturated heterocycles. The molecule has 5 nitrogen and oxygen atoms in total. The highest BCUT2D eigenvalue weighted by Crippen LogP contribution is 2.35. The van der Waals surface area contributed by atoms with Crippen LogP contribution in [-0.2, 0) is 4.79 Å². The van der Waals surface area contributed by atoms with Crippen molar-refractivity contribution in [3.8, 4) is 11.5 Å². The fraction of sp³-hybridized carbons (Fsp3) is 0.235. The fourth-order valence-electron chi connectivity index (χ4n) is 2.11. The van der Waals surface area contributed by atoms with Crippen LogP contribution in [0.2, 0.25) is 10.0 Å². The largest absolute Gasteiger partial charge is 0.495 e. The van der Waals surface area contributed by atoms with Crippen molar-refractivity contribution in [1.29, 1.82) is 0 Å². The van der Waals surface area contributed by atoms with Crippen molar-refractivity contribution in [2.24, 2.45) is 0 Å². The van der Waals surface area contributed by atoms with Gasteiger partial charge in [-0.3, -0.25) is 4.79 Å². The average molecular weight is 369 g/mol. The second kappa shape index (κ2) is 8.13. The second-order valence-electron chi connectivity index (χ2n) is 5.05. The molecule has 2 N–H and O–H groups in total. The van der Waals surface area contributed by atoms with Gasteiger partial charge in [0.1, 0.15) is 11.5 Å². The van der Waals surface area contributed by atoms with Crippen molar-refractivity contribution in [3.63, 3.8) is 0 Å². The summed E-state index contributed by atoms with van der Waals surface area (Å²) in [7, 11) is 3.02. The van der Waals surface area contributed by atoms with Crippen molar-refractivity contribution in [3.05, 3.63) is 45.9 Å². The van der Waals surface area contributed by atoms with Gasteiger partial charge in [-0.05, 0) is 30.7 Å². The topological polar surface area (TPSA) is 59.6 Å². The Kier molecular flexibility index (Phi) is 6.17. The fourth-order valence-corrected chi connectivity index (χ4v) is 2.53. The van der Waals surface area contributed by atoms with Crippen LogP contribution in [0.25, 0.3) is 0 Å². The number of carbonyl (C=O) groups is 1. The van der Waals surface area contributed by atoms with Gasteiger partial charge in [-0.15, -0.1) is 0 Å². The van der Waals surface area contributed by atoms with Crippen molar-refractivity contribution in [2.75, 3.05) is 31.4 Å². The van der Waals surface area contributed by atoms with E-state index in [1.165, 1.54) is 14.2 Å². The average Bonchev–Trinajstić information content (AvgIpc) is 2.56. The molecule has 0 saturated carbocycles. The van der Waals surface area contributed by atoms with E-state index < -0.39 is 0 Å². The Hall–Kier alpha value is -2.11. The number of carbonyl (C=O) groups excluding carboxylic acids is 1. The molecule has 0 radical (unpaired) electrons. The molecule has 0 heterocycles. The third-order valence-electron chi connectivity index (χ3n) is 3.39. The van der Waals surface area contributed by atoms with E-state index in [1.54, 1.807) is 24.3 Å². The zero-order valence-electron chi connectivity index (χ0n) is 13.6. The first-order valence-electron chi connectivity index (χ1n) is 7.16. The van der Waals surface area contributed by atoms with Gasteiger partial charge in [0.25, 0.3) is 0 Å². The molecule has 0 spiro atoms. The zero-order valence-corrected chi connectivity index (χ0v) is 15.1. The molecule has 0 aliphatic rings. The summed E-state index contributed by atoms with van der Waals surface area (Å²) in [6.07, 6.45) is 0. The summed E-state index contributed by atoms with van der Waals surface area (Å²) in [4.78, 5) is 12.2. The van der Waals surface area contributed by atoms with E-state index in [9.17, 15) is 4.79 Å². The summed E-state index contributed by atoms with van der Waals surface area (Å²) in [5.41, 5.74) is 2.27. The molecule has 1 amide bonds. The highest BCUT2D eigenvalue weighted by atomic mass is 35.5. The molecule has 24 heavy (non-hydrogen) atoms. The number of amides is 1. The Labute approximate surface area is 150 Å². The summed E-state index contributed by atoms with van der Waals surface area (Å²) < 4.78 is 10.4. The molecule has 128 valence electrons. The van der Waals surface area contributed by atoms with Gasteiger partial charge < -0.3 is 20.1 Å². The summed E-state index contributed by atoms with van der Waals surface area (Å²) in [6.45, 7) is 2.01. The molecule has 0 aliphatic heterocycles. The van der Waals surface area contributed by atoms with E-state index in [0.717, 1.165) is 11.3 Å². The van der Waals surface area contributed by atoms with E-state index in [1.807, 2.05) is 13.0 Å². The van der Waals surface area contributed by atoms with Crippen LogP contribution in [0.5, 0.6) is 11.5 Å². The Balaban J connectivity index is 2.07. The third-order valence-corrected chi connectivity index (χ3v) is 3.92. The lowest BCUT2D eigenvalue weighted by Gasteiger charge is -2.14. The highest BCUT2D eigenvalue weighted by Gasteiger charge is 2.12. The molecular weight excluding hydrogens is 351 g/mol. The standard InChI is InChI=1S/C17H18Cl2N2O3/c1-10-4-5-11(18)6-13(10)20-9-17(22)21-14-7-12(19)15(23-2)8-16(14)24-3/h4-8,20H,9H2,1-3H3,(H,21,22). The normalized spacial score (nSPS) is 10.2. The quantitative estimate of drug-likeness (QED) is 0.794. The van der Waals surface area contributed by atoms with Gasteiger partial charge in [0, 0.05) is 16.8 Å². The molecule has 7 heteroatoms. The van der Waals surface area contributed by atoms with Gasteiger partial charge in [-0.25, -0.2) is 0 Å². The molecule has 0 unspecified atom stereocenters. The lowest BCUT2D eigenvalue weighted by atomic mass is 10.2. The smallest absolute Gasteiger partial charge is 0.243 e. The van der Waals surface area contributed by atoms with Crippen molar-refractivity contribution >= 4 is 40.5 Å². The van der Waals surface area contributed by atoms with Crippen LogP contribution in [0, 0.1) is 6.92 Å². The number of anilines is 2. The Bertz CT molecular complexity index is 751. The third kappa shape index (κ3) is 4.46. The molecule has 0 bridgehead atoms. The zero-order chi connectivity index (χ0) is 17.7. The maximum atomic E-state index is 12.2. The van der Waals surface area contributed by atoms with Crippen LogP contribution in [0.4, 0.5) is 11.4 Å². The summed E-state index contributed by atoms with van der Waals surface area (Å²) >= 11 is 12.1. The van der Waals surface area contributed by atoms with Crippen molar-refractivity contribution in [2.45, 2.75) is 6.92 Å². The van der Waals surface area contributed by atoms with E-state index in [0.29, 0.717) is 27.2 Å². The second-order valence-corrected chi connectivity index (χ2v) is 5.89. The van der Waals surface area contributed by atoms with Gasteiger partial charge in [0.15, 0.2) is 0 Å². The number of hydrogen-bond donors (Lipinski definition) is 2. The number of methoxy groups -OCH3 is 2. The lowest BCUT2D eigenvalue weighted by Crippen LogP contribution is -2.22. The van der Waals surface area contributed by atoms with E-state index in [4.69, 9.17) is 32.7 Å². The number of halogens is 2. The van der Waals surface area contributed by atoms with Crippen LogP contribution in [-0.4, -0.2) is 26.7 Å². The van der Waals surface area contributed by atoms with Crippen LogP contribution < -0.4 is 20.1 Å². The Morgan fingerprint density at radius 1 is 1.04 bits per heavy atom. The van der Waals surface area contributed by atoms with Crippen LogP contribution in [0.15, 0.2) is 30.3 Å². The highest BCUT2D eigenvalue weighted by molar-refractivity contribution is 6.32. The maximum absolute atomic E-state index is 12.2. The number of benzene rings is 2. The summed E-state index contributed by atoms with van der Waals surface area (Å²) in [6, 6.07) is 8.66. The van der Waals surface area contributed by atoms with Crippen molar-refractivity contribution < 1.29 is 14.3 Å². The van der Waals surface area contributed by atoms with E-state index in [-0.39, 0.29) is 12.5 Å². The van der Waals surface area contributed by atoms with E-state index in [2.05, 4.69) is 10.6 Å². The number of rotatable bonds is 6. The molecule has 0 fully saturated rings. The van der Waals surface area contributed by atoms with Crippen molar-refractivity contribution in [1.82, 2.24) is 0 Å². The van der Waals surface area contributed by atoms with Gasteiger partial charge in [0.2, 0.25) is 5.91 Å². The van der Waals surface area contributed by atoms with Crippen LogP contribution >= 0.6 is 23.2 Å². The minimum Gasteiger partial charge on any atom is -0.495 e. The van der Waals surface area contributed by atoms with Gasteiger partial charge in [-0.1, -0.05) is 29.3 Å². The first kappa shape index (κ1) is 18.2. The van der Waals surface area contributed by atoms with Crippen LogP contribution in [0.3, 0.4) is 0 Å². The number of hydrogen-bond acceptors (Lipinski definition) is 4. The predicted molar refractivity (Wildman–Crippen MR) is 97.9 cm³/mol. The number of nitrogens with one attached hydrogen (secondary N) is 2. The summed E-state index contributed by atoms with van der Waals surface area (Å²) in [5.74, 6) is 0.691. The summed E-state index contributed by atoms with van der Waals surface area (Å²) in [5, 5.41) is 6.80. The van der Waals surface area contributed by atoms with E-state index >= 15 is 0 Å². The van der Waals surface area contributed by atoms with Crippen LogP contribution in [0.1, 0.15) is 5.56 Å². The molecule has 2 aromatic carbocycles. The number of aryl methyl sites for hydroxylation is 1. The number of ether oxygens (including phenoxy) is 2. The Morgan fingerprint density at radius 2 is 1.75 bits per heavy atom. The van der Waals surface area contributed by atoms with Gasteiger partial charge >= 0.3 is 0 Å². The minimum absolute atomic E-state index is 0.0774. The predicted octanol–water partition coefficient (Wildman–Crippen LogP) is 4.37. The van der Waals surface area contributed by atoms with Gasteiger partial charge in [-0.2, -0.15) is 0 Å². The molecule has 0 aromatic heterocycles. The lowest BCUT2D eigenvalue weighted by molar-refractivity contribution is -0.114. The maximum Gasteiger partial charge on any atom is 0.243 e. The first-order valence-corrected chi connectivity index (χ1v) is 7.91. The molecule has 2 aromatic rings. The Morgan fingerprint density at radius 3 is 2.42 bits per heavy atom. The molecular formula is C17H18Cl2N2O3.